The fraction of sp³-hybridized carbons (Fsp3) is 0.429. The predicted octanol–water partition coefficient (Wildman–Crippen LogP) is 2.81. The Kier molecular flexibility index (Phi) is 13.4. The Balaban J connectivity index is 0.000000191. The summed E-state index contributed by atoms with van der Waals surface area (Å²) in [6.45, 7) is 10.6. The van der Waals surface area contributed by atoms with Crippen molar-refractivity contribution in [2.24, 2.45) is 10.2 Å². The van der Waals surface area contributed by atoms with E-state index in [-0.39, 0.29) is 24.9 Å². The summed E-state index contributed by atoms with van der Waals surface area (Å²) >= 11 is 0. The maximum atomic E-state index is 8.81. The van der Waals surface area contributed by atoms with Crippen molar-refractivity contribution in [3.63, 3.8) is 0 Å². The highest BCUT2D eigenvalue weighted by Gasteiger charge is 2.39. The Morgan fingerprint density at radius 1 is 0.608 bits per heavy atom. The van der Waals surface area contributed by atoms with E-state index in [4.69, 9.17) is 23.8 Å². The fourth-order valence-electron chi connectivity index (χ4n) is 6.23. The molecule has 6 heterocycles. The molecule has 0 bridgehead atoms. The largest absolute Gasteiger partial charge is 0.379 e. The van der Waals surface area contributed by atoms with Crippen molar-refractivity contribution in [2.45, 2.75) is 18.9 Å². The number of morpholine rings is 3. The number of aldehydes is 2. The lowest BCUT2D eigenvalue weighted by molar-refractivity contribution is -0.122. The van der Waals surface area contributed by atoms with E-state index < -0.39 is 0 Å². The first kappa shape index (κ1) is 36.0. The molecule has 5 aromatic rings. The van der Waals surface area contributed by atoms with Crippen LogP contribution in [-0.2, 0) is 30.3 Å². The van der Waals surface area contributed by atoms with E-state index >= 15 is 0 Å². The second-order valence-electron chi connectivity index (χ2n) is 11.8. The molecule has 4 aliphatic heterocycles. The van der Waals surface area contributed by atoms with Crippen LogP contribution in [0.4, 0.5) is 5.69 Å². The average molecular weight is 698 g/mol. The Bertz CT molecular complexity index is 1740. The summed E-state index contributed by atoms with van der Waals surface area (Å²) in [5, 5.41) is 29.2. The van der Waals surface area contributed by atoms with Gasteiger partial charge in [0.2, 0.25) is 0 Å². The molecule has 2 atom stereocenters. The number of hydrogen-bond donors (Lipinski definition) is 1. The minimum absolute atomic E-state index is 0.130. The van der Waals surface area contributed by atoms with Crippen LogP contribution in [0.3, 0.4) is 0 Å². The number of azo groups is 1. The van der Waals surface area contributed by atoms with Gasteiger partial charge >= 0.3 is 0 Å². The number of hydrogen-bond acceptors (Lipinski definition) is 14. The molecule has 2 aromatic heterocycles. The lowest BCUT2D eigenvalue weighted by Crippen LogP contribution is -2.52. The normalized spacial score (nSPS) is 18.6. The van der Waals surface area contributed by atoms with Gasteiger partial charge in [-0.3, -0.25) is 19.4 Å². The zero-order valence-electron chi connectivity index (χ0n) is 28.4. The molecule has 0 spiro atoms. The summed E-state index contributed by atoms with van der Waals surface area (Å²) in [5.74, 6) is 0. The molecule has 3 aromatic carbocycles. The quantitative estimate of drug-likeness (QED) is 0.204. The molecule has 0 aliphatic carbocycles. The Morgan fingerprint density at radius 3 is 1.53 bits per heavy atom. The molecule has 268 valence electrons. The van der Waals surface area contributed by atoms with Crippen LogP contribution in [0, 0.1) is 0 Å². The summed E-state index contributed by atoms with van der Waals surface area (Å²) in [7, 11) is 0. The van der Waals surface area contributed by atoms with E-state index in [0.717, 1.165) is 86.8 Å². The summed E-state index contributed by atoms with van der Waals surface area (Å²) < 4.78 is 20.5. The maximum Gasteiger partial charge on any atom is 0.182 e. The third-order valence-electron chi connectivity index (χ3n) is 8.68. The minimum Gasteiger partial charge on any atom is -0.379 e. The van der Waals surface area contributed by atoms with Crippen LogP contribution in [0.25, 0.3) is 22.1 Å². The van der Waals surface area contributed by atoms with E-state index in [9.17, 15) is 0 Å². The third kappa shape index (κ3) is 9.29. The van der Waals surface area contributed by atoms with Crippen LogP contribution >= 0.6 is 0 Å². The molecular weight excluding hydrogens is 654 g/mol. The van der Waals surface area contributed by atoms with Gasteiger partial charge in [0.25, 0.3) is 0 Å². The van der Waals surface area contributed by atoms with Gasteiger partial charge in [-0.05, 0) is 30.3 Å². The summed E-state index contributed by atoms with van der Waals surface area (Å²) in [4.78, 5) is 22.5. The summed E-state index contributed by atoms with van der Waals surface area (Å²) in [6, 6.07) is 24.2. The third-order valence-corrected chi connectivity index (χ3v) is 8.68. The molecule has 51 heavy (non-hydrogen) atoms. The van der Waals surface area contributed by atoms with Crippen molar-refractivity contribution in [1.82, 2.24) is 45.1 Å². The van der Waals surface area contributed by atoms with E-state index in [1.165, 1.54) is 5.56 Å². The molecule has 0 saturated carbocycles. The zero-order valence-corrected chi connectivity index (χ0v) is 28.4. The molecule has 4 aliphatic rings. The van der Waals surface area contributed by atoms with Crippen LogP contribution in [0.5, 0.6) is 0 Å². The Labute approximate surface area is 295 Å². The lowest BCUT2D eigenvalue weighted by Gasteiger charge is -2.44. The molecule has 9 rings (SSSR count). The van der Waals surface area contributed by atoms with Crippen molar-refractivity contribution < 1.29 is 23.8 Å². The molecule has 3 fully saturated rings. The zero-order chi connectivity index (χ0) is 35.1. The number of carbonyl (C=O) groups is 2. The van der Waals surface area contributed by atoms with Crippen LogP contribution in [0.1, 0.15) is 17.9 Å². The van der Waals surface area contributed by atoms with Crippen molar-refractivity contribution >= 4 is 40.3 Å². The second kappa shape index (κ2) is 19.0. The average Bonchev–Trinajstić information content (AvgIpc) is 3.98. The van der Waals surface area contributed by atoms with Crippen LogP contribution in [0.2, 0.25) is 0 Å². The molecule has 2 unspecified atom stereocenters. The number of nitrogens with one attached hydrogen (secondary N) is 1. The first-order valence-electron chi connectivity index (χ1n) is 17.1. The molecular formula is C35H43N11O5. The molecule has 16 nitrogen and oxygen atoms in total. The summed E-state index contributed by atoms with van der Waals surface area (Å²) in [6.07, 6.45) is 0.129. The highest BCUT2D eigenvalue weighted by molar-refractivity contribution is 6.09. The standard InChI is InChI=1S/C22H26N8O2.C7H6N2.C4H9NO.C2H2O2/c1-3-7-19-17(5-1)23-25-29(19)21(27-9-13-31-14-10-27)22(28-11-15-32-16-12-28)30-20-8-4-2-6-18(20)24-26-30;1-2-4-7-6(3-1)5-8-9-7;1-3-6-4-2-5-1;3-1-2-4/h1-8,21-22H,9-16H2;1-4H,5H2;5H,1-4H2;1-2H. The van der Waals surface area contributed by atoms with Crippen LogP contribution in [-0.4, -0.2) is 131 Å². The smallest absolute Gasteiger partial charge is 0.182 e. The van der Waals surface area contributed by atoms with E-state index in [1.54, 1.807) is 0 Å². The number of fused-ring (bicyclic) bond motifs is 3. The summed E-state index contributed by atoms with van der Waals surface area (Å²) in [5.41, 5.74) is 6.04. The number of benzene rings is 3. The Hall–Kier alpha value is -4.84. The van der Waals surface area contributed by atoms with Gasteiger partial charge < -0.3 is 19.5 Å². The van der Waals surface area contributed by atoms with Gasteiger partial charge in [-0.15, -0.1) is 10.2 Å². The topological polar surface area (TPSA) is 166 Å². The minimum atomic E-state index is -0.130. The first-order valence-corrected chi connectivity index (χ1v) is 17.1. The maximum absolute atomic E-state index is 8.81. The Morgan fingerprint density at radius 2 is 1.08 bits per heavy atom. The molecule has 0 amide bonds. The molecule has 1 N–H and O–H groups in total. The lowest BCUT2D eigenvalue weighted by atomic mass is 10.2. The van der Waals surface area contributed by atoms with Gasteiger partial charge in [0.15, 0.2) is 12.6 Å². The number of carbonyl (C=O) groups excluding carboxylic acids is 2. The highest BCUT2D eigenvalue weighted by atomic mass is 16.5. The number of aromatic nitrogens is 6. The first-order chi connectivity index (χ1) is 25.3. The van der Waals surface area contributed by atoms with E-state index in [0.29, 0.717) is 26.4 Å². The van der Waals surface area contributed by atoms with Crippen LogP contribution < -0.4 is 5.32 Å². The van der Waals surface area contributed by atoms with Gasteiger partial charge in [0.1, 0.15) is 23.4 Å². The van der Waals surface area contributed by atoms with E-state index in [1.807, 2.05) is 54.6 Å². The van der Waals surface area contributed by atoms with Crippen LogP contribution in [0.15, 0.2) is 83.0 Å². The van der Waals surface area contributed by atoms with Crippen molar-refractivity contribution in [1.29, 1.82) is 0 Å². The van der Waals surface area contributed by atoms with Crippen molar-refractivity contribution in [3.8, 4) is 0 Å². The number of rotatable bonds is 6. The number of para-hydroxylation sites is 2. The van der Waals surface area contributed by atoms with Gasteiger partial charge in [-0.2, -0.15) is 10.2 Å². The van der Waals surface area contributed by atoms with Gasteiger partial charge in [0.05, 0.1) is 62.9 Å². The second-order valence-corrected chi connectivity index (χ2v) is 11.8. The SMILES string of the molecule is C1COCCN1.O=CC=O.c1ccc2c(c1)CN=N2.c1ccc2c(c1)nnn2C(C(N1CCOCC1)n1nnc2ccccc21)N1CCOCC1. The highest BCUT2D eigenvalue weighted by Crippen LogP contribution is 2.35. The number of nitrogens with zero attached hydrogens (tertiary/aromatic N) is 10. The van der Waals surface area contributed by atoms with Gasteiger partial charge in [0, 0.05) is 44.8 Å². The molecule has 3 saturated heterocycles. The van der Waals surface area contributed by atoms with Gasteiger partial charge in [-0.1, -0.05) is 52.9 Å². The molecule has 16 heteroatoms. The van der Waals surface area contributed by atoms with E-state index in [2.05, 4.69) is 73.5 Å². The van der Waals surface area contributed by atoms with Gasteiger partial charge in [-0.25, -0.2) is 9.36 Å². The number of ether oxygens (including phenoxy) is 3. The molecule has 0 radical (unpaired) electrons. The van der Waals surface area contributed by atoms with Crippen molar-refractivity contribution in [3.05, 3.63) is 78.4 Å². The van der Waals surface area contributed by atoms with Crippen molar-refractivity contribution in [2.75, 3.05) is 78.9 Å². The predicted molar refractivity (Wildman–Crippen MR) is 188 cm³/mol. The monoisotopic (exact) mass is 697 g/mol. The fourth-order valence-corrected chi connectivity index (χ4v) is 6.23.